The normalized spacial score (nSPS) is 12.7. The fourth-order valence-corrected chi connectivity index (χ4v) is 3.05. The lowest BCUT2D eigenvalue weighted by Crippen LogP contribution is -2.10. The van der Waals surface area contributed by atoms with Crippen LogP contribution in [0.3, 0.4) is 0 Å². The Kier molecular flexibility index (Phi) is 5.37. The second-order valence-electron chi connectivity index (χ2n) is 5.09. The van der Waals surface area contributed by atoms with Gasteiger partial charge in [0.2, 0.25) is 10.0 Å². The number of thioether (sulfide) groups is 1. The lowest BCUT2D eigenvalue weighted by atomic mass is 10.1. The quantitative estimate of drug-likeness (QED) is 0.784. The van der Waals surface area contributed by atoms with Crippen LogP contribution in [0.1, 0.15) is 18.5 Å². The summed E-state index contributed by atoms with van der Waals surface area (Å²) in [6, 6.07) is 15.8. The molecule has 0 aliphatic carbocycles. The van der Waals surface area contributed by atoms with Gasteiger partial charge < -0.3 is 5.32 Å². The Morgan fingerprint density at radius 3 is 2.00 bits per heavy atom. The zero-order valence-electron chi connectivity index (χ0n) is 12.8. The van der Waals surface area contributed by atoms with E-state index < -0.39 is 10.0 Å². The number of nitrogens with one attached hydrogen (secondary N) is 2. The molecule has 0 saturated heterocycles. The molecule has 0 radical (unpaired) electrons. The van der Waals surface area contributed by atoms with Crippen LogP contribution >= 0.6 is 11.8 Å². The topological polar surface area (TPSA) is 58.2 Å². The molecule has 118 valence electrons. The molecule has 0 amide bonds. The van der Waals surface area contributed by atoms with Gasteiger partial charge in [-0.25, -0.2) is 8.42 Å². The first-order valence-corrected chi connectivity index (χ1v) is 9.97. The number of hydrogen-bond acceptors (Lipinski definition) is 4. The van der Waals surface area contributed by atoms with Crippen molar-refractivity contribution in [2.75, 3.05) is 22.6 Å². The Morgan fingerprint density at radius 1 is 0.955 bits per heavy atom. The number of hydrogen-bond donors (Lipinski definition) is 2. The summed E-state index contributed by atoms with van der Waals surface area (Å²) in [5, 5.41) is 3.43. The van der Waals surface area contributed by atoms with Crippen molar-refractivity contribution in [3.8, 4) is 0 Å². The van der Waals surface area contributed by atoms with E-state index in [-0.39, 0.29) is 6.04 Å². The molecule has 0 unspecified atom stereocenters. The van der Waals surface area contributed by atoms with E-state index in [2.05, 4.69) is 47.5 Å². The third kappa shape index (κ3) is 4.96. The van der Waals surface area contributed by atoms with Crippen molar-refractivity contribution in [3.05, 3.63) is 54.1 Å². The van der Waals surface area contributed by atoms with Gasteiger partial charge in [-0.2, -0.15) is 0 Å². The highest BCUT2D eigenvalue weighted by Gasteiger charge is 2.07. The van der Waals surface area contributed by atoms with Crippen LogP contribution in [-0.2, 0) is 10.0 Å². The molecule has 2 N–H and O–H groups in total. The highest BCUT2D eigenvalue weighted by molar-refractivity contribution is 7.98. The minimum atomic E-state index is -3.23. The molecule has 22 heavy (non-hydrogen) atoms. The summed E-state index contributed by atoms with van der Waals surface area (Å²) in [6.45, 7) is 2.07. The average Bonchev–Trinajstić information content (AvgIpc) is 2.47. The average molecular weight is 336 g/mol. The van der Waals surface area contributed by atoms with Gasteiger partial charge in [-0.3, -0.25) is 4.72 Å². The number of anilines is 2. The molecular weight excluding hydrogens is 316 g/mol. The number of sulfonamides is 1. The van der Waals surface area contributed by atoms with E-state index >= 15 is 0 Å². The minimum Gasteiger partial charge on any atom is -0.379 e. The van der Waals surface area contributed by atoms with Crippen molar-refractivity contribution < 1.29 is 8.42 Å². The van der Waals surface area contributed by atoms with Crippen molar-refractivity contribution in [1.29, 1.82) is 0 Å². The summed E-state index contributed by atoms with van der Waals surface area (Å²) in [7, 11) is -3.23. The Bertz CT molecular complexity index is 711. The zero-order chi connectivity index (χ0) is 16.2. The maximum Gasteiger partial charge on any atom is 0.229 e. The highest BCUT2D eigenvalue weighted by Crippen LogP contribution is 2.23. The predicted octanol–water partition coefficient (Wildman–Crippen LogP) is 3.95. The first-order chi connectivity index (χ1) is 10.4. The first-order valence-electron chi connectivity index (χ1n) is 6.86. The molecule has 0 aliphatic heterocycles. The highest BCUT2D eigenvalue weighted by atomic mass is 32.2. The molecule has 1 atom stereocenters. The largest absolute Gasteiger partial charge is 0.379 e. The van der Waals surface area contributed by atoms with Crippen LogP contribution in [0.4, 0.5) is 11.4 Å². The SMILES string of the molecule is CSc1ccc(N[C@H](C)c2ccc(NS(C)(=O)=O)cc2)cc1. The summed E-state index contributed by atoms with van der Waals surface area (Å²) >= 11 is 1.71. The molecule has 2 aromatic rings. The Morgan fingerprint density at radius 2 is 1.50 bits per heavy atom. The first kappa shape index (κ1) is 16.7. The van der Waals surface area contributed by atoms with Crippen LogP contribution in [-0.4, -0.2) is 20.9 Å². The molecular formula is C16H20N2O2S2. The van der Waals surface area contributed by atoms with E-state index in [9.17, 15) is 8.42 Å². The van der Waals surface area contributed by atoms with Gasteiger partial charge in [0.15, 0.2) is 0 Å². The maximum atomic E-state index is 11.2. The van der Waals surface area contributed by atoms with Crippen LogP contribution in [0, 0.1) is 0 Å². The fraction of sp³-hybridized carbons (Fsp3) is 0.250. The molecule has 0 aromatic heterocycles. The second-order valence-corrected chi connectivity index (χ2v) is 7.72. The molecule has 0 spiro atoms. The van der Waals surface area contributed by atoms with Crippen molar-refractivity contribution >= 4 is 33.2 Å². The van der Waals surface area contributed by atoms with Gasteiger partial charge in [0.25, 0.3) is 0 Å². The molecule has 2 rings (SSSR count). The number of benzene rings is 2. The Hall–Kier alpha value is -1.66. The lowest BCUT2D eigenvalue weighted by molar-refractivity contribution is 0.607. The smallest absolute Gasteiger partial charge is 0.229 e. The van der Waals surface area contributed by atoms with E-state index in [1.165, 1.54) is 4.90 Å². The van der Waals surface area contributed by atoms with E-state index in [4.69, 9.17) is 0 Å². The second kappa shape index (κ2) is 7.07. The summed E-state index contributed by atoms with van der Waals surface area (Å²) in [6.07, 6.45) is 3.19. The number of rotatable bonds is 6. The Balaban J connectivity index is 2.04. The van der Waals surface area contributed by atoms with Crippen LogP contribution < -0.4 is 10.0 Å². The third-order valence-corrected chi connectivity index (χ3v) is 4.54. The van der Waals surface area contributed by atoms with Gasteiger partial charge >= 0.3 is 0 Å². The molecule has 0 fully saturated rings. The molecule has 6 heteroatoms. The van der Waals surface area contributed by atoms with Crippen molar-refractivity contribution in [1.82, 2.24) is 0 Å². The molecule has 0 heterocycles. The lowest BCUT2D eigenvalue weighted by Gasteiger charge is -2.16. The van der Waals surface area contributed by atoms with E-state index in [1.54, 1.807) is 23.9 Å². The van der Waals surface area contributed by atoms with E-state index in [0.717, 1.165) is 17.5 Å². The van der Waals surface area contributed by atoms with Crippen LogP contribution in [0.5, 0.6) is 0 Å². The summed E-state index contributed by atoms with van der Waals surface area (Å²) in [4.78, 5) is 1.23. The Labute approximate surface area is 136 Å². The van der Waals surface area contributed by atoms with Gasteiger partial charge in [0, 0.05) is 22.3 Å². The molecule has 4 nitrogen and oxygen atoms in total. The zero-order valence-corrected chi connectivity index (χ0v) is 14.5. The third-order valence-electron chi connectivity index (χ3n) is 3.19. The summed E-state index contributed by atoms with van der Waals surface area (Å²) < 4.78 is 24.8. The summed E-state index contributed by atoms with van der Waals surface area (Å²) in [5.74, 6) is 0. The van der Waals surface area contributed by atoms with E-state index in [1.807, 2.05) is 12.1 Å². The van der Waals surface area contributed by atoms with Gasteiger partial charge in [0.1, 0.15) is 0 Å². The van der Waals surface area contributed by atoms with Gasteiger partial charge in [-0.1, -0.05) is 12.1 Å². The summed E-state index contributed by atoms with van der Waals surface area (Å²) in [5.41, 5.74) is 2.72. The predicted molar refractivity (Wildman–Crippen MR) is 95.2 cm³/mol. The molecule has 0 aliphatic rings. The standard InChI is InChI=1S/C16H20N2O2S2/c1-12(17-14-8-10-16(21-2)11-9-14)13-4-6-15(7-5-13)18-22(3,19)20/h4-12,17-18H,1-3H3/t12-/m1/s1. The monoisotopic (exact) mass is 336 g/mol. The minimum absolute atomic E-state index is 0.132. The molecule has 2 aromatic carbocycles. The maximum absolute atomic E-state index is 11.2. The van der Waals surface area contributed by atoms with Crippen LogP contribution in [0.25, 0.3) is 0 Å². The van der Waals surface area contributed by atoms with E-state index in [0.29, 0.717) is 5.69 Å². The molecule has 0 saturated carbocycles. The van der Waals surface area contributed by atoms with Gasteiger partial charge in [0.05, 0.1) is 6.26 Å². The van der Waals surface area contributed by atoms with Crippen LogP contribution in [0.2, 0.25) is 0 Å². The van der Waals surface area contributed by atoms with Crippen molar-refractivity contribution in [2.24, 2.45) is 0 Å². The van der Waals surface area contributed by atoms with Gasteiger partial charge in [-0.15, -0.1) is 11.8 Å². The van der Waals surface area contributed by atoms with Crippen molar-refractivity contribution in [3.63, 3.8) is 0 Å². The van der Waals surface area contributed by atoms with Gasteiger partial charge in [-0.05, 0) is 55.1 Å². The van der Waals surface area contributed by atoms with Crippen molar-refractivity contribution in [2.45, 2.75) is 17.9 Å². The fourth-order valence-electron chi connectivity index (χ4n) is 2.07. The molecule has 0 bridgehead atoms. The van der Waals surface area contributed by atoms with Crippen LogP contribution in [0.15, 0.2) is 53.4 Å².